The quantitative estimate of drug-likeness (QED) is 0.830. The molecule has 1 aromatic rings. The summed E-state index contributed by atoms with van der Waals surface area (Å²) >= 11 is 0. The van der Waals surface area contributed by atoms with Gasteiger partial charge in [0.1, 0.15) is 0 Å². The average Bonchev–Trinajstić information content (AvgIpc) is 2.42. The monoisotopic (exact) mass is 275 g/mol. The molecule has 0 saturated heterocycles. The van der Waals surface area contributed by atoms with Crippen LogP contribution in [0.2, 0.25) is 0 Å². The zero-order valence-electron chi connectivity index (χ0n) is 12.9. The number of rotatable bonds is 7. The van der Waals surface area contributed by atoms with Crippen molar-refractivity contribution in [2.45, 2.75) is 26.4 Å². The Kier molecular flexibility index (Phi) is 6.50. The van der Waals surface area contributed by atoms with Crippen molar-refractivity contribution in [1.29, 1.82) is 5.26 Å². The van der Waals surface area contributed by atoms with Crippen molar-refractivity contribution in [1.82, 2.24) is 4.90 Å². The third-order valence-electron chi connectivity index (χ3n) is 3.37. The van der Waals surface area contributed by atoms with E-state index >= 15 is 0 Å². The highest BCUT2D eigenvalue weighted by Crippen LogP contribution is 2.27. The average molecular weight is 275 g/mol. The molecule has 0 aromatic heterocycles. The summed E-state index contributed by atoms with van der Waals surface area (Å²) in [6.45, 7) is 6.67. The van der Waals surface area contributed by atoms with Crippen molar-refractivity contribution in [3.8, 4) is 6.07 Å². The molecule has 0 fully saturated rings. The van der Waals surface area contributed by atoms with Gasteiger partial charge in [0, 0.05) is 24.3 Å². The lowest BCUT2D eigenvalue weighted by atomic mass is 10.0. The van der Waals surface area contributed by atoms with Gasteiger partial charge < -0.3 is 14.9 Å². The van der Waals surface area contributed by atoms with Gasteiger partial charge in [-0.25, -0.2) is 0 Å². The molecule has 0 spiro atoms. The molecular formula is C16H25N3O. The van der Waals surface area contributed by atoms with E-state index in [4.69, 9.17) is 5.26 Å². The Bertz CT molecular complexity index is 463. The van der Waals surface area contributed by atoms with E-state index in [1.807, 2.05) is 12.1 Å². The van der Waals surface area contributed by atoms with E-state index in [9.17, 15) is 5.11 Å². The van der Waals surface area contributed by atoms with Crippen molar-refractivity contribution >= 4 is 5.69 Å². The van der Waals surface area contributed by atoms with Gasteiger partial charge in [-0.1, -0.05) is 6.07 Å². The van der Waals surface area contributed by atoms with Crippen LogP contribution in [0.3, 0.4) is 0 Å². The Morgan fingerprint density at radius 3 is 2.50 bits per heavy atom. The summed E-state index contributed by atoms with van der Waals surface area (Å²) in [6, 6.07) is 7.66. The van der Waals surface area contributed by atoms with Gasteiger partial charge in [0.15, 0.2) is 0 Å². The van der Waals surface area contributed by atoms with E-state index in [0.717, 1.165) is 37.3 Å². The van der Waals surface area contributed by atoms with Crippen LogP contribution in [0.25, 0.3) is 0 Å². The largest absolute Gasteiger partial charge is 0.389 e. The maximum Gasteiger partial charge on any atom is 0.0992 e. The molecule has 1 aromatic carbocycles. The van der Waals surface area contributed by atoms with Gasteiger partial charge in [-0.05, 0) is 53.0 Å². The van der Waals surface area contributed by atoms with E-state index < -0.39 is 6.10 Å². The molecule has 20 heavy (non-hydrogen) atoms. The van der Waals surface area contributed by atoms with Crippen LogP contribution in [0.15, 0.2) is 18.2 Å². The second-order valence-electron chi connectivity index (χ2n) is 5.30. The first-order valence-electron chi connectivity index (χ1n) is 7.11. The molecule has 0 heterocycles. The molecule has 1 N–H and O–H groups in total. The number of aliphatic hydroxyl groups excluding tert-OH is 1. The Balaban J connectivity index is 2.97. The van der Waals surface area contributed by atoms with Gasteiger partial charge in [0.2, 0.25) is 0 Å². The minimum absolute atomic E-state index is 0.527. The Labute approximate surface area is 122 Å². The highest BCUT2D eigenvalue weighted by atomic mass is 16.3. The molecule has 0 bridgehead atoms. The number of benzene rings is 1. The Hall–Kier alpha value is -1.57. The standard InChI is InChI=1S/C16H25N3O/c1-5-19(10-6-9-18(3)4)16-11-14(12-17)7-8-15(16)13(2)20/h7-8,11,13,20H,5-6,9-10H2,1-4H3. The number of aliphatic hydroxyl groups is 1. The summed E-state index contributed by atoms with van der Waals surface area (Å²) in [5.74, 6) is 0. The van der Waals surface area contributed by atoms with Crippen LogP contribution in [0, 0.1) is 11.3 Å². The molecule has 1 unspecified atom stereocenters. The first-order valence-corrected chi connectivity index (χ1v) is 7.11. The summed E-state index contributed by atoms with van der Waals surface area (Å²) in [6.07, 6.45) is 0.525. The molecule has 1 rings (SSSR count). The van der Waals surface area contributed by atoms with Gasteiger partial charge in [-0.3, -0.25) is 0 Å². The van der Waals surface area contributed by atoms with E-state index in [-0.39, 0.29) is 0 Å². The molecule has 0 saturated carbocycles. The summed E-state index contributed by atoms with van der Waals surface area (Å²) in [5.41, 5.74) is 2.49. The van der Waals surface area contributed by atoms with E-state index in [0.29, 0.717) is 5.56 Å². The maximum absolute atomic E-state index is 9.91. The van der Waals surface area contributed by atoms with Crippen LogP contribution in [0.1, 0.15) is 37.5 Å². The van der Waals surface area contributed by atoms with Crippen molar-refractivity contribution in [2.24, 2.45) is 0 Å². The van der Waals surface area contributed by atoms with Gasteiger partial charge >= 0.3 is 0 Å². The predicted octanol–water partition coefficient (Wildman–Crippen LogP) is 2.39. The fourth-order valence-electron chi connectivity index (χ4n) is 2.27. The second kappa shape index (κ2) is 7.88. The summed E-state index contributed by atoms with van der Waals surface area (Å²) in [4.78, 5) is 4.39. The van der Waals surface area contributed by atoms with Gasteiger partial charge in [-0.15, -0.1) is 0 Å². The number of nitrogens with zero attached hydrogens (tertiary/aromatic N) is 3. The SMILES string of the molecule is CCN(CCCN(C)C)c1cc(C#N)ccc1C(C)O. The van der Waals surface area contributed by atoms with Gasteiger partial charge in [0.05, 0.1) is 17.7 Å². The first kappa shape index (κ1) is 16.5. The maximum atomic E-state index is 9.91. The first-order chi connectivity index (χ1) is 9.49. The second-order valence-corrected chi connectivity index (χ2v) is 5.30. The van der Waals surface area contributed by atoms with Crippen LogP contribution in [0.4, 0.5) is 5.69 Å². The number of anilines is 1. The third kappa shape index (κ3) is 4.52. The fourth-order valence-corrected chi connectivity index (χ4v) is 2.27. The molecule has 4 nitrogen and oxygen atoms in total. The lowest BCUT2D eigenvalue weighted by Gasteiger charge is -2.27. The van der Waals surface area contributed by atoms with Crippen molar-refractivity contribution in [3.05, 3.63) is 29.3 Å². The van der Waals surface area contributed by atoms with Crippen LogP contribution < -0.4 is 4.90 Å². The fraction of sp³-hybridized carbons (Fsp3) is 0.562. The Morgan fingerprint density at radius 2 is 2.00 bits per heavy atom. The van der Waals surface area contributed by atoms with Crippen LogP contribution in [0.5, 0.6) is 0 Å². The zero-order chi connectivity index (χ0) is 15.1. The molecular weight excluding hydrogens is 250 g/mol. The van der Waals surface area contributed by atoms with Gasteiger partial charge in [0.25, 0.3) is 0 Å². The lowest BCUT2D eigenvalue weighted by molar-refractivity contribution is 0.199. The van der Waals surface area contributed by atoms with Gasteiger partial charge in [-0.2, -0.15) is 5.26 Å². The van der Waals surface area contributed by atoms with Crippen LogP contribution in [-0.2, 0) is 0 Å². The number of nitriles is 1. The van der Waals surface area contributed by atoms with Crippen molar-refractivity contribution in [2.75, 3.05) is 38.6 Å². The molecule has 0 aliphatic carbocycles. The lowest BCUT2D eigenvalue weighted by Crippen LogP contribution is -2.28. The Morgan fingerprint density at radius 1 is 1.30 bits per heavy atom. The molecule has 110 valence electrons. The minimum Gasteiger partial charge on any atom is -0.389 e. The summed E-state index contributed by atoms with van der Waals surface area (Å²) < 4.78 is 0. The van der Waals surface area contributed by atoms with Crippen molar-refractivity contribution < 1.29 is 5.11 Å². The highest BCUT2D eigenvalue weighted by Gasteiger charge is 2.14. The summed E-state index contributed by atoms with van der Waals surface area (Å²) in [5, 5.41) is 19.0. The highest BCUT2D eigenvalue weighted by molar-refractivity contribution is 5.58. The normalized spacial score (nSPS) is 12.2. The molecule has 0 aliphatic rings. The topological polar surface area (TPSA) is 50.5 Å². The molecule has 1 atom stereocenters. The molecule has 0 radical (unpaired) electrons. The van der Waals surface area contributed by atoms with Crippen molar-refractivity contribution in [3.63, 3.8) is 0 Å². The zero-order valence-corrected chi connectivity index (χ0v) is 12.9. The molecule has 4 heteroatoms. The number of hydrogen-bond acceptors (Lipinski definition) is 4. The van der Waals surface area contributed by atoms with Crippen LogP contribution in [-0.4, -0.2) is 43.7 Å². The van der Waals surface area contributed by atoms with E-state index in [1.54, 1.807) is 13.0 Å². The smallest absolute Gasteiger partial charge is 0.0992 e. The predicted molar refractivity (Wildman–Crippen MR) is 82.8 cm³/mol. The van der Waals surface area contributed by atoms with E-state index in [2.05, 4.69) is 36.9 Å². The number of hydrogen-bond donors (Lipinski definition) is 1. The minimum atomic E-state index is -0.527. The molecule has 0 amide bonds. The molecule has 0 aliphatic heterocycles. The van der Waals surface area contributed by atoms with E-state index in [1.165, 1.54) is 0 Å². The van der Waals surface area contributed by atoms with Crippen LogP contribution >= 0.6 is 0 Å². The third-order valence-corrected chi connectivity index (χ3v) is 3.37. The summed E-state index contributed by atoms with van der Waals surface area (Å²) in [7, 11) is 4.13.